The maximum Gasteiger partial charge on any atom is 0.332 e. The SMILES string of the molecule is Cc1ccc(Cn2nc3n(c(=O)c2=O)C[C@H]2CN(Cc4cccnc4)C[C@@H]32)cc1. The van der Waals surface area contributed by atoms with Gasteiger partial charge in [0.15, 0.2) is 0 Å². The van der Waals surface area contributed by atoms with Gasteiger partial charge in [-0.05, 0) is 24.1 Å². The number of fused-ring (bicyclic) bond motifs is 3. The third-order valence-electron chi connectivity index (χ3n) is 6.01. The van der Waals surface area contributed by atoms with Crippen molar-refractivity contribution < 1.29 is 0 Å². The first kappa shape index (κ1) is 18.0. The molecule has 0 unspecified atom stereocenters. The molecule has 0 radical (unpaired) electrons. The van der Waals surface area contributed by atoms with Crippen LogP contribution in [0.1, 0.15) is 28.4 Å². The van der Waals surface area contributed by atoms with E-state index in [1.807, 2.05) is 43.5 Å². The van der Waals surface area contributed by atoms with Crippen molar-refractivity contribution in [2.45, 2.75) is 32.5 Å². The molecule has 0 N–H and O–H groups in total. The Morgan fingerprint density at radius 2 is 1.79 bits per heavy atom. The minimum Gasteiger partial charge on any atom is -0.298 e. The number of benzene rings is 1. The average Bonchev–Trinajstić information content (AvgIpc) is 3.26. The summed E-state index contributed by atoms with van der Waals surface area (Å²) in [5, 5.41) is 4.64. The minimum atomic E-state index is -0.540. The van der Waals surface area contributed by atoms with Crippen LogP contribution in [0.15, 0.2) is 58.4 Å². The summed E-state index contributed by atoms with van der Waals surface area (Å²) in [6, 6.07) is 12.0. The monoisotopic (exact) mass is 389 g/mol. The van der Waals surface area contributed by atoms with E-state index in [-0.39, 0.29) is 5.92 Å². The van der Waals surface area contributed by atoms with E-state index in [1.54, 1.807) is 10.8 Å². The molecule has 1 saturated heterocycles. The lowest BCUT2D eigenvalue weighted by atomic mass is 10.00. The molecule has 4 heterocycles. The molecule has 148 valence electrons. The molecule has 2 aliphatic rings. The van der Waals surface area contributed by atoms with Gasteiger partial charge < -0.3 is 0 Å². The molecule has 29 heavy (non-hydrogen) atoms. The van der Waals surface area contributed by atoms with E-state index in [1.165, 1.54) is 10.2 Å². The highest BCUT2D eigenvalue weighted by molar-refractivity contribution is 5.21. The van der Waals surface area contributed by atoms with Gasteiger partial charge in [-0.3, -0.25) is 24.0 Å². The van der Waals surface area contributed by atoms with Crippen LogP contribution in [0.2, 0.25) is 0 Å². The fraction of sp³-hybridized carbons (Fsp3) is 0.364. The van der Waals surface area contributed by atoms with Crippen molar-refractivity contribution in [3.63, 3.8) is 0 Å². The Bertz CT molecular complexity index is 1150. The average molecular weight is 389 g/mol. The highest BCUT2D eigenvalue weighted by atomic mass is 16.2. The van der Waals surface area contributed by atoms with Crippen LogP contribution in [0.3, 0.4) is 0 Å². The van der Waals surface area contributed by atoms with Gasteiger partial charge in [0, 0.05) is 50.4 Å². The molecule has 3 aromatic rings. The van der Waals surface area contributed by atoms with Gasteiger partial charge in [0.25, 0.3) is 0 Å². The molecule has 0 amide bonds. The van der Waals surface area contributed by atoms with Crippen LogP contribution < -0.4 is 11.1 Å². The number of rotatable bonds is 4. The number of aromatic nitrogens is 4. The van der Waals surface area contributed by atoms with Gasteiger partial charge in [0.1, 0.15) is 5.82 Å². The second-order valence-electron chi connectivity index (χ2n) is 8.14. The lowest BCUT2D eigenvalue weighted by Gasteiger charge is -2.17. The summed E-state index contributed by atoms with van der Waals surface area (Å²) < 4.78 is 2.94. The van der Waals surface area contributed by atoms with Crippen molar-refractivity contribution in [3.05, 3.63) is 92.0 Å². The predicted octanol–water partition coefficient (Wildman–Crippen LogP) is 1.39. The van der Waals surface area contributed by atoms with E-state index in [9.17, 15) is 9.59 Å². The number of likely N-dealkylation sites (tertiary alicyclic amines) is 1. The molecule has 0 spiro atoms. The Balaban J connectivity index is 1.41. The smallest absolute Gasteiger partial charge is 0.298 e. The van der Waals surface area contributed by atoms with Crippen molar-refractivity contribution in [1.29, 1.82) is 0 Å². The standard InChI is InChI=1S/C22H23N5O2/c1-15-4-6-16(7-5-15)11-27-22(29)21(28)26-13-18-12-25(14-19(18)20(26)24-27)10-17-3-2-8-23-9-17/h2-9,18-19H,10-14H2,1H3/t18-,19-/m1/s1. The Morgan fingerprint density at radius 1 is 0.966 bits per heavy atom. The molecule has 5 rings (SSSR count). The molecular formula is C22H23N5O2. The van der Waals surface area contributed by atoms with Crippen LogP contribution in [0.4, 0.5) is 0 Å². The molecule has 0 bridgehead atoms. The Hall–Kier alpha value is -3.06. The fourth-order valence-corrected chi connectivity index (χ4v) is 4.53. The first-order chi connectivity index (χ1) is 14.1. The summed E-state index contributed by atoms with van der Waals surface area (Å²) in [4.78, 5) is 31.8. The van der Waals surface area contributed by atoms with Gasteiger partial charge in [-0.2, -0.15) is 5.10 Å². The summed E-state index contributed by atoms with van der Waals surface area (Å²) in [5.41, 5.74) is 2.32. The maximum atomic E-state index is 12.7. The highest BCUT2D eigenvalue weighted by Crippen LogP contribution is 2.37. The molecule has 7 nitrogen and oxygen atoms in total. The van der Waals surface area contributed by atoms with Crippen LogP contribution >= 0.6 is 0 Å². The summed E-state index contributed by atoms with van der Waals surface area (Å²) in [5.74, 6) is 1.26. The van der Waals surface area contributed by atoms with Crippen molar-refractivity contribution in [2.24, 2.45) is 5.92 Å². The van der Waals surface area contributed by atoms with Crippen LogP contribution in [-0.2, 0) is 19.6 Å². The number of nitrogens with zero attached hydrogens (tertiary/aromatic N) is 5. The van der Waals surface area contributed by atoms with Gasteiger partial charge in [-0.25, -0.2) is 4.68 Å². The summed E-state index contributed by atoms with van der Waals surface area (Å²) in [7, 11) is 0. The van der Waals surface area contributed by atoms with Gasteiger partial charge in [-0.1, -0.05) is 35.9 Å². The predicted molar refractivity (Wildman–Crippen MR) is 109 cm³/mol. The Kier molecular flexibility index (Phi) is 4.39. The normalized spacial score (nSPS) is 20.6. The Labute approximate surface area is 168 Å². The van der Waals surface area contributed by atoms with E-state index in [4.69, 9.17) is 0 Å². The summed E-state index contributed by atoms with van der Waals surface area (Å²) in [6.07, 6.45) is 3.67. The van der Waals surface area contributed by atoms with Crippen molar-refractivity contribution in [3.8, 4) is 0 Å². The van der Waals surface area contributed by atoms with Crippen molar-refractivity contribution >= 4 is 0 Å². The highest BCUT2D eigenvalue weighted by Gasteiger charge is 2.42. The number of pyridine rings is 1. The second-order valence-corrected chi connectivity index (χ2v) is 8.14. The third kappa shape index (κ3) is 3.31. The zero-order chi connectivity index (χ0) is 20.0. The maximum absolute atomic E-state index is 12.7. The van der Waals surface area contributed by atoms with Crippen LogP contribution in [0.5, 0.6) is 0 Å². The molecule has 0 saturated carbocycles. The van der Waals surface area contributed by atoms with Crippen molar-refractivity contribution in [1.82, 2.24) is 24.2 Å². The lowest BCUT2D eigenvalue weighted by Crippen LogP contribution is -2.44. The first-order valence-electron chi connectivity index (χ1n) is 9.97. The van der Waals surface area contributed by atoms with E-state index in [0.29, 0.717) is 19.0 Å². The third-order valence-corrected chi connectivity index (χ3v) is 6.01. The van der Waals surface area contributed by atoms with E-state index in [0.717, 1.165) is 36.6 Å². The van der Waals surface area contributed by atoms with Crippen LogP contribution in [0, 0.1) is 12.8 Å². The van der Waals surface area contributed by atoms with E-state index >= 15 is 0 Å². The molecule has 2 aliphatic heterocycles. The molecule has 2 aromatic heterocycles. The molecule has 1 aromatic carbocycles. The van der Waals surface area contributed by atoms with Gasteiger partial charge in [-0.15, -0.1) is 0 Å². The van der Waals surface area contributed by atoms with Gasteiger partial charge in [0.05, 0.1) is 6.54 Å². The zero-order valence-electron chi connectivity index (χ0n) is 16.4. The summed E-state index contributed by atoms with van der Waals surface area (Å²) in [6.45, 7) is 5.50. The second kappa shape index (κ2) is 7.08. The molecule has 1 fully saturated rings. The quantitative estimate of drug-likeness (QED) is 0.631. The molecule has 7 heteroatoms. The molecular weight excluding hydrogens is 366 g/mol. The van der Waals surface area contributed by atoms with Crippen LogP contribution in [0.25, 0.3) is 0 Å². The van der Waals surface area contributed by atoms with Gasteiger partial charge in [0.2, 0.25) is 0 Å². The molecule has 0 aliphatic carbocycles. The van der Waals surface area contributed by atoms with Crippen LogP contribution in [-0.4, -0.2) is 37.3 Å². The topological polar surface area (TPSA) is 73.0 Å². The summed E-state index contributed by atoms with van der Waals surface area (Å²) >= 11 is 0. The minimum absolute atomic E-state index is 0.184. The van der Waals surface area contributed by atoms with Gasteiger partial charge >= 0.3 is 11.1 Å². The number of hydrogen-bond acceptors (Lipinski definition) is 5. The molecule has 2 atom stereocenters. The largest absolute Gasteiger partial charge is 0.332 e. The first-order valence-corrected chi connectivity index (χ1v) is 9.97. The number of aryl methyl sites for hydroxylation is 1. The van der Waals surface area contributed by atoms with Crippen molar-refractivity contribution in [2.75, 3.05) is 13.1 Å². The zero-order valence-corrected chi connectivity index (χ0v) is 16.4. The lowest BCUT2D eigenvalue weighted by molar-refractivity contribution is 0.303. The Morgan fingerprint density at radius 3 is 2.55 bits per heavy atom. The van der Waals surface area contributed by atoms with E-state index < -0.39 is 11.1 Å². The van der Waals surface area contributed by atoms with E-state index in [2.05, 4.69) is 21.0 Å². The fourth-order valence-electron chi connectivity index (χ4n) is 4.53. The number of hydrogen-bond donors (Lipinski definition) is 0.